The lowest BCUT2D eigenvalue weighted by molar-refractivity contribution is 0.382. The third-order valence-electron chi connectivity index (χ3n) is 4.17. The van der Waals surface area contributed by atoms with Gasteiger partial charge in [0.15, 0.2) is 5.96 Å². The van der Waals surface area contributed by atoms with Crippen molar-refractivity contribution >= 4 is 5.96 Å². The Kier molecular flexibility index (Phi) is 7.64. The molecule has 0 unspecified atom stereocenters. The standard InChI is InChI=1S/C21H25FN4O2/c1-5-24-21(25-13-17-10-15(12-23)6-9-19(17)22)26(2)14-16-7-8-18(27-3)11-20(16)28-4/h6-11H,5,13-14H2,1-4H3,(H,24,25). The summed E-state index contributed by atoms with van der Waals surface area (Å²) in [6.07, 6.45) is 0. The van der Waals surface area contributed by atoms with E-state index >= 15 is 0 Å². The zero-order chi connectivity index (χ0) is 20.5. The molecule has 28 heavy (non-hydrogen) atoms. The van der Waals surface area contributed by atoms with Crippen LogP contribution in [0.1, 0.15) is 23.6 Å². The highest BCUT2D eigenvalue weighted by Gasteiger charge is 2.12. The Balaban J connectivity index is 2.21. The highest BCUT2D eigenvalue weighted by Crippen LogP contribution is 2.25. The fourth-order valence-electron chi connectivity index (χ4n) is 2.71. The summed E-state index contributed by atoms with van der Waals surface area (Å²) in [5.41, 5.74) is 1.76. The van der Waals surface area contributed by atoms with Crippen molar-refractivity contribution in [2.24, 2.45) is 4.99 Å². The molecule has 2 aromatic carbocycles. The number of nitrogens with zero attached hydrogens (tertiary/aromatic N) is 3. The second-order valence-electron chi connectivity index (χ2n) is 6.12. The van der Waals surface area contributed by atoms with Crippen LogP contribution in [0, 0.1) is 17.1 Å². The molecule has 0 atom stereocenters. The largest absolute Gasteiger partial charge is 0.497 e. The molecule has 148 valence electrons. The quantitative estimate of drug-likeness (QED) is 0.586. The third kappa shape index (κ3) is 5.36. The monoisotopic (exact) mass is 384 g/mol. The Labute approximate surface area is 165 Å². The van der Waals surface area contributed by atoms with Crippen LogP contribution in [0.25, 0.3) is 0 Å². The maximum absolute atomic E-state index is 14.0. The fraction of sp³-hybridized carbons (Fsp3) is 0.333. The zero-order valence-corrected chi connectivity index (χ0v) is 16.6. The van der Waals surface area contributed by atoms with E-state index in [1.807, 2.05) is 43.1 Å². The minimum Gasteiger partial charge on any atom is -0.497 e. The van der Waals surface area contributed by atoms with Crippen molar-refractivity contribution < 1.29 is 13.9 Å². The summed E-state index contributed by atoms with van der Waals surface area (Å²) in [6.45, 7) is 3.31. The molecule has 1 N–H and O–H groups in total. The first-order chi connectivity index (χ1) is 13.5. The van der Waals surface area contributed by atoms with E-state index in [1.165, 1.54) is 18.2 Å². The van der Waals surface area contributed by atoms with Crippen molar-refractivity contribution in [3.63, 3.8) is 0 Å². The van der Waals surface area contributed by atoms with Crippen LogP contribution in [-0.2, 0) is 13.1 Å². The van der Waals surface area contributed by atoms with Gasteiger partial charge in [-0.25, -0.2) is 9.38 Å². The Morgan fingerprint density at radius 2 is 1.96 bits per heavy atom. The van der Waals surface area contributed by atoms with E-state index in [0.29, 0.717) is 30.2 Å². The molecule has 0 aliphatic heterocycles. The lowest BCUT2D eigenvalue weighted by atomic mass is 10.1. The first kappa shape index (κ1) is 21.0. The first-order valence-corrected chi connectivity index (χ1v) is 8.91. The summed E-state index contributed by atoms with van der Waals surface area (Å²) in [5.74, 6) is 1.69. The molecular weight excluding hydrogens is 359 g/mol. The number of ether oxygens (including phenoxy) is 2. The van der Waals surface area contributed by atoms with Gasteiger partial charge in [0, 0.05) is 37.3 Å². The highest BCUT2D eigenvalue weighted by molar-refractivity contribution is 5.79. The minimum absolute atomic E-state index is 0.133. The number of aliphatic imine (C=N–C) groups is 1. The van der Waals surface area contributed by atoms with E-state index in [0.717, 1.165) is 17.1 Å². The molecule has 0 aromatic heterocycles. The molecule has 0 bridgehead atoms. The van der Waals surface area contributed by atoms with Crippen LogP contribution in [0.2, 0.25) is 0 Å². The van der Waals surface area contributed by atoms with Crippen molar-refractivity contribution in [3.8, 4) is 17.6 Å². The second-order valence-corrected chi connectivity index (χ2v) is 6.12. The summed E-state index contributed by atoms with van der Waals surface area (Å²) < 4.78 is 24.7. The van der Waals surface area contributed by atoms with E-state index in [-0.39, 0.29) is 12.4 Å². The lowest BCUT2D eigenvalue weighted by Crippen LogP contribution is -2.38. The number of nitrogens with one attached hydrogen (secondary N) is 1. The molecule has 0 aliphatic rings. The van der Waals surface area contributed by atoms with Gasteiger partial charge in [-0.15, -0.1) is 0 Å². The van der Waals surface area contributed by atoms with Crippen LogP contribution in [0.3, 0.4) is 0 Å². The van der Waals surface area contributed by atoms with E-state index in [4.69, 9.17) is 14.7 Å². The van der Waals surface area contributed by atoms with Crippen molar-refractivity contribution in [2.45, 2.75) is 20.0 Å². The Morgan fingerprint density at radius 3 is 2.61 bits per heavy atom. The van der Waals surface area contributed by atoms with Gasteiger partial charge in [-0.05, 0) is 37.3 Å². The van der Waals surface area contributed by atoms with Gasteiger partial charge in [-0.1, -0.05) is 0 Å². The smallest absolute Gasteiger partial charge is 0.194 e. The molecule has 0 radical (unpaired) electrons. The number of methoxy groups -OCH3 is 2. The molecule has 6 nitrogen and oxygen atoms in total. The summed E-state index contributed by atoms with van der Waals surface area (Å²) in [4.78, 5) is 6.45. The van der Waals surface area contributed by atoms with Crippen LogP contribution in [0.5, 0.6) is 11.5 Å². The summed E-state index contributed by atoms with van der Waals surface area (Å²) in [5, 5.41) is 12.2. The van der Waals surface area contributed by atoms with Crippen LogP contribution >= 0.6 is 0 Å². The summed E-state index contributed by atoms with van der Waals surface area (Å²) in [6, 6.07) is 11.9. The van der Waals surface area contributed by atoms with E-state index in [1.54, 1.807) is 14.2 Å². The van der Waals surface area contributed by atoms with Gasteiger partial charge in [-0.3, -0.25) is 0 Å². The van der Waals surface area contributed by atoms with Gasteiger partial charge in [0.2, 0.25) is 0 Å². The summed E-state index contributed by atoms with van der Waals surface area (Å²) >= 11 is 0. The molecule has 0 saturated carbocycles. The van der Waals surface area contributed by atoms with Gasteiger partial charge < -0.3 is 19.7 Å². The average molecular weight is 384 g/mol. The molecule has 2 aromatic rings. The molecule has 0 heterocycles. The fourth-order valence-corrected chi connectivity index (χ4v) is 2.71. The number of hydrogen-bond donors (Lipinski definition) is 1. The van der Waals surface area contributed by atoms with Crippen LogP contribution < -0.4 is 14.8 Å². The van der Waals surface area contributed by atoms with Gasteiger partial charge in [-0.2, -0.15) is 5.26 Å². The molecule has 0 saturated heterocycles. The number of halogens is 1. The zero-order valence-electron chi connectivity index (χ0n) is 16.6. The predicted molar refractivity (Wildman–Crippen MR) is 107 cm³/mol. The minimum atomic E-state index is -0.377. The Bertz CT molecular complexity index is 877. The molecular formula is C21H25FN4O2. The Morgan fingerprint density at radius 1 is 1.18 bits per heavy atom. The number of benzene rings is 2. The van der Waals surface area contributed by atoms with E-state index < -0.39 is 0 Å². The molecule has 0 amide bonds. The number of guanidine groups is 1. The third-order valence-corrected chi connectivity index (χ3v) is 4.17. The van der Waals surface area contributed by atoms with Crippen molar-refractivity contribution in [1.82, 2.24) is 10.2 Å². The van der Waals surface area contributed by atoms with Crippen molar-refractivity contribution in [1.29, 1.82) is 5.26 Å². The maximum Gasteiger partial charge on any atom is 0.194 e. The molecule has 7 heteroatoms. The number of hydrogen-bond acceptors (Lipinski definition) is 4. The number of rotatable bonds is 7. The average Bonchev–Trinajstić information content (AvgIpc) is 2.72. The second kappa shape index (κ2) is 10.2. The van der Waals surface area contributed by atoms with E-state index in [2.05, 4.69) is 10.3 Å². The highest BCUT2D eigenvalue weighted by atomic mass is 19.1. The van der Waals surface area contributed by atoms with Crippen LogP contribution in [0.15, 0.2) is 41.4 Å². The van der Waals surface area contributed by atoms with Gasteiger partial charge in [0.1, 0.15) is 17.3 Å². The van der Waals surface area contributed by atoms with Crippen molar-refractivity contribution in [2.75, 3.05) is 27.8 Å². The predicted octanol–water partition coefficient (Wildman–Crippen LogP) is 3.31. The normalized spacial score (nSPS) is 10.9. The first-order valence-electron chi connectivity index (χ1n) is 8.91. The van der Waals surface area contributed by atoms with E-state index in [9.17, 15) is 4.39 Å². The van der Waals surface area contributed by atoms with Gasteiger partial charge in [0.25, 0.3) is 0 Å². The van der Waals surface area contributed by atoms with Crippen molar-refractivity contribution in [3.05, 3.63) is 58.9 Å². The van der Waals surface area contributed by atoms with Gasteiger partial charge >= 0.3 is 0 Å². The Hall–Kier alpha value is -3.27. The molecule has 0 aliphatic carbocycles. The van der Waals surface area contributed by atoms with Gasteiger partial charge in [0.05, 0.1) is 32.4 Å². The molecule has 2 rings (SSSR count). The summed E-state index contributed by atoms with van der Waals surface area (Å²) in [7, 11) is 5.12. The van der Waals surface area contributed by atoms with Crippen LogP contribution in [-0.4, -0.2) is 38.7 Å². The van der Waals surface area contributed by atoms with Crippen LogP contribution in [0.4, 0.5) is 4.39 Å². The maximum atomic E-state index is 14.0. The molecule has 0 fully saturated rings. The molecule has 0 spiro atoms. The SMILES string of the molecule is CCNC(=NCc1cc(C#N)ccc1F)N(C)Cc1ccc(OC)cc1OC. The lowest BCUT2D eigenvalue weighted by Gasteiger charge is -2.23. The number of nitriles is 1. The topological polar surface area (TPSA) is 69.9 Å².